The van der Waals surface area contributed by atoms with Gasteiger partial charge in [0, 0.05) is 32.2 Å². The fourth-order valence-corrected chi connectivity index (χ4v) is 2.34. The summed E-state index contributed by atoms with van der Waals surface area (Å²) < 4.78 is 0. The van der Waals surface area contributed by atoms with Crippen molar-refractivity contribution in [3.8, 4) is 0 Å². The number of nitrogens with zero attached hydrogens (tertiary/aromatic N) is 2. The van der Waals surface area contributed by atoms with Crippen LogP contribution in [0.5, 0.6) is 0 Å². The zero-order chi connectivity index (χ0) is 11.8. The van der Waals surface area contributed by atoms with Crippen LogP contribution in [-0.4, -0.2) is 55.1 Å². The van der Waals surface area contributed by atoms with Crippen LogP contribution < -0.4 is 5.73 Å². The van der Waals surface area contributed by atoms with E-state index >= 15 is 0 Å². The van der Waals surface area contributed by atoms with Crippen LogP contribution in [0.4, 0.5) is 0 Å². The average molecular weight is 227 g/mol. The van der Waals surface area contributed by atoms with Crippen LogP contribution in [0.15, 0.2) is 0 Å². The molecule has 1 heterocycles. The topological polar surface area (TPSA) is 32.5 Å². The quantitative estimate of drug-likeness (QED) is 0.670. The largest absolute Gasteiger partial charge is 0.330 e. The van der Waals surface area contributed by atoms with Crippen LogP contribution in [0.3, 0.4) is 0 Å². The van der Waals surface area contributed by atoms with Gasteiger partial charge in [-0.25, -0.2) is 0 Å². The van der Waals surface area contributed by atoms with Crippen molar-refractivity contribution in [2.24, 2.45) is 5.73 Å². The van der Waals surface area contributed by atoms with Crippen molar-refractivity contribution >= 4 is 0 Å². The van der Waals surface area contributed by atoms with E-state index in [0.29, 0.717) is 0 Å². The molecular formula is C13H29N3. The monoisotopic (exact) mass is 227 g/mol. The minimum atomic E-state index is 0.763. The Morgan fingerprint density at radius 3 is 2.31 bits per heavy atom. The van der Waals surface area contributed by atoms with E-state index in [4.69, 9.17) is 5.73 Å². The van der Waals surface area contributed by atoms with Crippen LogP contribution in [-0.2, 0) is 0 Å². The molecule has 0 saturated carbocycles. The maximum absolute atomic E-state index is 5.49. The van der Waals surface area contributed by atoms with Crippen molar-refractivity contribution in [1.82, 2.24) is 9.80 Å². The SMILES string of the molecule is CCC(C)N1CCN(CCCCCN)CC1. The molecule has 0 aromatic carbocycles. The molecule has 1 rings (SSSR count). The first kappa shape index (κ1) is 13.9. The van der Waals surface area contributed by atoms with Crippen LogP contribution in [0.1, 0.15) is 39.5 Å². The molecule has 0 aromatic heterocycles. The van der Waals surface area contributed by atoms with E-state index in [1.165, 1.54) is 58.4 Å². The number of unbranched alkanes of at least 4 members (excludes halogenated alkanes) is 2. The van der Waals surface area contributed by atoms with Crippen molar-refractivity contribution in [2.75, 3.05) is 39.3 Å². The molecule has 96 valence electrons. The normalized spacial score (nSPS) is 21.2. The fourth-order valence-electron chi connectivity index (χ4n) is 2.34. The molecule has 0 spiro atoms. The Kier molecular flexibility index (Phi) is 7.01. The molecular weight excluding hydrogens is 198 g/mol. The molecule has 3 nitrogen and oxygen atoms in total. The lowest BCUT2D eigenvalue weighted by Gasteiger charge is -2.37. The van der Waals surface area contributed by atoms with Crippen molar-refractivity contribution in [1.29, 1.82) is 0 Å². The molecule has 0 aromatic rings. The molecule has 2 N–H and O–H groups in total. The van der Waals surface area contributed by atoms with Crippen LogP contribution in [0.2, 0.25) is 0 Å². The molecule has 1 saturated heterocycles. The van der Waals surface area contributed by atoms with Crippen molar-refractivity contribution in [3.05, 3.63) is 0 Å². The second-order valence-electron chi connectivity index (χ2n) is 4.98. The van der Waals surface area contributed by atoms with E-state index < -0.39 is 0 Å². The molecule has 0 aliphatic carbocycles. The second-order valence-corrected chi connectivity index (χ2v) is 4.98. The highest BCUT2D eigenvalue weighted by Gasteiger charge is 2.19. The average Bonchev–Trinajstić information content (AvgIpc) is 2.34. The lowest BCUT2D eigenvalue weighted by molar-refractivity contribution is 0.0995. The summed E-state index contributed by atoms with van der Waals surface area (Å²) in [5.74, 6) is 0. The molecule has 0 amide bonds. The lowest BCUT2D eigenvalue weighted by Crippen LogP contribution is -2.49. The van der Waals surface area contributed by atoms with E-state index in [1.54, 1.807) is 0 Å². The van der Waals surface area contributed by atoms with Gasteiger partial charge in [-0.2, -0.15) is 0 Å². The van der Waals surface area contributed by atoms with Gasteiger partial charge in [0.2, 0.25) is 0 Å². The number of nitrogens with two attached hydrogens (primary N) is 1. The van der Waals surface area contributed by atoms with E-state index in [0.717, 1.165) is 12.6 Å². The van der Waals surface area contributed by atoms with E-state index in [2.05, 4.69) is 23.6 Å². The molecule has 16 heavy (non-hydrogen) atoms. The Labute approximate surface area is 101 Å². The molecule has 1 fully saturated rings. The maximum Gasteiger partial charge on any atom is 0.0113 e. The highest BCUT2D eigenvalue weighted by Crippen LogP contribution is 2.09. The molecule has 3 heteroatoms. The van der Waals surface area contributed by atoms with Gasteiger partial charge < -0.3 is 10.6 Å². The zero-order valence-corrected chi connectivity index (χ0v) is 11.1. The third-order valence-corrected chi connectivity index (χ3v) is 3.80. The first-order valence-electron chi connectivity index (χ1n) is 6.94. The van der Waals surface area contributed by atoms with Gasteiger partial charge in [-0.05, 0) is 39.3 Å². The second kappa shape index (κ2) is 8.04. The van der Waals surface area contributed by atoms with Gasteiger partial charge in [0.05, 0.1) is 0 Å². The summed E-state index contributed by atoms with van der Waals surface area (Å²) >= 11 is 0. The molecule has 0 radical (unpaired) electrons. The number of hydrogen-bond donors (Lipinski definition) is 1. The van der Waals surface area contributed by atoms with E-state index in [9.17, 15) is 0 Å². The highest BCUT2D eigenvalue weighted by atomic mass is 15.3. The Morgan fingerprint density at radius 2 is 1.75 bits per heavy atom. The van der Waals surface area contributed by atoms with Crippen molar-refractivity contribution in [2.45, 2.75) is 45.6 Å². The van der Waals surface area contributed by atoms with Crippen LogP contribution in [0.25, 0.3) is 0 Å². The van der Waals surface area contributed by atoms with Crippen LogP contribution in [0, 0.1) is 0 Å². The smallest absolute Gasteiger partial charge is 0.0113 e. The Balaban J connectivity index is 2.07. The third-order valence-electron chi connectivity index (χ3n) is 3.80. The summed E-state index contributed by atoms with van der Waals surface area (Å²) in [5, 5.41) is 0. The third kappa shape index (κ3) is 4.81. The summed E-state index contributed by atoms with van der Waals surface area (Å²) in [5.41, 5.74) is 5.49. The minimum Gasteiger partial charge on any atom is -0.330 e. The van der Waals surface area contributed by atoms with Gasteiger partial charge in [-0.3, -0.25) is 4.90 Å². The van der Waals surface area contributed by atoms with Gasteiger partial charge in [0.25, 0.3) is 0 Å². The van der Waals surface area contributed by atoms with Gasteiger partial charge in [0.1, 0.15) is 0 Å². The van der Waals surface area contributed by atoms with E-state index in [-0.39, 0.29) is 0 Å². The number of piperazine rings is 1. The number of rotatable bonds is 7. The molecule has 1 atom stereocenters. The highest BCUT2D eigenvalue weighted by molar-refractivity contribution is 4.75. The first-order valence-corrected chi connectivity index (χ1v) is 6.94. The summed E-state index contributed by atoms with van der Waals surface area (Å²) in [4.78, 5) is 5.23. The molecule has 1 aliphatic rings. The van der Waals surface area contributed by atoms with Crippen molar-refractivity contribution < 1.29 is 0 Å². The predicted octanol–water partition coefficient (Wildman–Crippen LogP) is 1.53. The summed E-state index contributed by atoms with van der Waals surface area (Å²) in [7, 11) is 0. The summed E-state index contributed by atoms with van der Waals surface area (Å²) in [6.45, 7) is 11.8. The van der Waals surface area contributed by atoms with Gasteiger partial charge >= 0.3 is 0 Å². The Bertz CT molecular complexity index is 165. The van der Waals surface area contributed by atoms with Gasteiger partial charge in [-0.15, -0.1) is 0 Å². The first-order chi connectivity index (χ1) is 7.77. The Hall–Kier alpha value is -0.120. The summed E-state index contributed by atoms with van der Waals surface area (Å²) in [6, 6.07) is 0.763. The number of hydrogen-bond acceptors (Lipinski definition) is 3. The lowest BCUT2D eigenvalue weighted by atomic mass is 10.1. The molecule has 1 aliphatic heterocycles. The standard InChI is InChI=1S/C13H29N3/c1-3-13(2)16-11-9-15(10-12-16)8-6-4-5-7-14/h13H,3-12,14H2,1-2H3. The van der Waals surface area contributed by atoms with E-state index in [1.807, 2.05) is 0 Å². The zero-order valence-electron chi connectivity index (χ0n) is 11.1. The van der Waals surface area contributed by atoms with Gasteiger partial charge in [0.15, 0.2) is 0 Å². The van der Waals surface area contributed by atoms with Crippen LogP contribution >= 0.6 is 0 Å². The maximum atomic E-state index is 5.49. The van der Waals surface area contributed by atoms with Gasteiger partial charge in [-0.1, -0.05) is 13.3 Å². The van der Waals surface area contributed by atoms with Crippen molar-refractivity contribution in [3.63, 3.8) is 0 Å². The molecule has 1 unspecified atom stereocenters. The predicted molar refractivity (Wildman–Crippen MR) is 70.7 cm³/mol. The Morgan fingerprint density at radius 1 is 1.06 bits per heavy atom. The summed E-state index contributed by atoms with van der Waals surface area (Å²) in [6.07, 6.45) is 5.08. The molecule has 0 bridgehead atoms. The fraction of sp³-hybridized carbons (Fsp3) is 1.00. The minimum absolute atomic E-state index is 0.763.